The maximum absolute atomic E-state index is 9.96. The van der Waals surface area contributed by atoms with Crippen LogP contribution in [-0.4, -0.2) is 34.2 Å². The molecule has 0 aliphatic heterocycles. The van der Waals surface area contributed by atoms with Gasteiger partial charge in [0.05, 0.1) is 6.10 Å². The summed E-state index contributed by atoms with van der Waals surface area (Å²) in [5.74, 6) is 0. The van der Waals surface area contributed by atoms with Crippen LogP contribution in [0.2, 0.25) is 0 Å². The molecule has 1 N–H and O–H groups in total. The van der Waals surface area contributed by atoms with Crippen LogP contribution in [0.5, 0.6) is 0 Å². The van der Waals surface area contributed by atoms with Gasteiger partial charge >= 0.3 is 0 Å². The Balaban J connectivity index is 2.23. The summed E-state index contributed by atoms with van der Waals surface area (Å²) in [4.78, 5) is 2.25. The lowest BCUT2D eigenvalue weighted by Crippen LogP contribution is -2.42. The Bertz CT molecular complexity index is 393. The molecule has 0 saturated heterocycles. The number of aromatic nitrogens is 1. The Morgan fingerprint density at radius 2 is 2.18 bits per heavy atom. The molecular weight excluding hydrogens is 212 g/mol. The molecule has 1 heterocycles. The number of hydrogen-bond donors (Lipinski definition) is 1. The second-order valence-corrected chi connectivity index (χ2v) is 5.96. The van der Waals surface area contributed by atoms with Crippen LogP contribution in [0.3, 0.4) is 0 Å². The van der Waals surface area contributed by atoms with E-state index >= 15 is 0 Å². The highest BCUT2D eigenvalue weighted by Gasteiger charge is 2.26. The maximum atomic E-state index is 9.96. The molecule has 0 amide bonds. The fourth-order valence-corrected chi connectivity index (χ4v) is 2.44. The molecule has 0 fully saturated rings. The first kappa shape index (κ1) is 12.7. The van der Waals surface area contributed by atoms with Crippen molar-refractivity contribution in [2.75, 3.05) is 14.1 Å². The van der Waals surface area contributed by atoms with E-state index in [0.717, 1.165) is 31.4 Å². The molecule has 0 radical (unpaired) electrons. The molecule has 1 unspecified atom stereocenters. The number of aliphatic hydroxyl groups is 1. The predicted octanol–water partition coefficient (Wildman–Crippen LogP) is 2.20. The second kappa shape index (κ2) is 4.46. The van der Waals surface area contributed by atoms with Gasteiger partial charge in [0, 0.05) is 29.5 Å². The number of fused-ring (bicyclic) bond motifs is 1. The first-order valence-electron chi connectivity index (χ1n) is 6.45. The predicted molar refractivity (Wildman–Crippen MR) is 70.1 cm³/mol. The SMILES string of the molecule is CN(C)C(C)(C)Cn1ccc2c1CCCC2O. The van der Waals surface area contributed by atoms with Crippen molar-refractivity contribution >= 4 is 0 Å². The van der Waals surface area contributed by atoms with Gasteiger partial charge in [0.25, 0.3) is 0 Å². The van der Waals surface area contributed by atoms with Gasteiger partial charge in [-0.3, -0.25) is 0 Å². The van der Waals surface area contributed by atoms with Crippen LogP contribution in [0.25, 0.3) is 0 Å². The van der Waals surface area contributed by atoms with Crippen molar-refractivity contribution in [3.05, 3.63) is 23.5 Å². The summed E-state index contributed by atoms with van der Waals surface area (Å²) in [5, 5.41) is 9.96. The standard InChI is InChI=1S/C14H24N2O/c1-14(2,15(3)4)10-16-9-8-11-12(16)6-5-7-13(11)17/h8-9,13,17H,5-7,10H2,1-4H3. The fraction of sp³-hybridized carbons (Fsp3) is 0.714. The molecule has 0 spiro atoms. The first-order chi connectivity index (χ1) is 7.92. The van der Waals surface area contributed by atoms with Gasteiger partial charge in [-0.05, 0) is 53.3 Å². The van der Waals surface area contributed by atoms with Crippen LogP contribution < -0.4 is 0 Å². The van der Waals surface area contributed by atoms with Crippen LogP contribution in [0.4, 0.5) is 0 Å². The van der Waals surface area contributed by atoms with E-state index in [-0.39, 0.29) is 11.6 Å². The summed E-state index contributed by atoms with van der Waals surface area (Å²) in [6.07, 6.45) is 4.99. The van der Waals surface area contributed by atoms with E-state index in [1.807, 2.05) is 0 Å². The molecule has 17 heavy (non-hydrogen) atoms. The molecule has 2 rings (SSSR count). The smallest absolute Gasteiger partial charge is 0.0807 e. The van der Waals surface area contributed by atoms with Crippen molar-refractivity contribution < 1.29 is 5.11 Å². The van der Waals surface area contributed by atoms with E-state index in [9.17, 15) is 5.11 Å². The van der Waals surface area contributed by atoms with E-state index < -0.39 is 0 Å². The van der Waals surface area contributed by atoms with Gasteiger partial charge in [0.1, 0.15) is 0 Å². The van der Waals surface area contributed by atoms with Crippen LogP contribution in [0.15, 0.2) is 12.3 Å². The molecule has 0 bridgehead atoms. The zero-order valence-electron chi connectivity index (χ0n) is 11.4. The summed E-state index contributed by atoms with van der Waals surface area (Å²) in [7, 11) is 4.23. The lowest BCUT2D eigenvalue weighted by atomic mass is 9.95. The molecular formula is C14H24N2O. The van der Waals surface area contributed by atoms with E-state index in [1.54, 1.807) is 0 Å². The van der Waals surface area contributed by atoms with E-state index in [4.69, 9.17) is 0 Å². The van der Waals surface area contributed by atoms with Crippen LogP contribution in [0.1, 0.15) is 44.1 Å². The third-order valence-corrected chi connectivity index (χ3v) is 4.13. The minimum absolute atomic E-state index is 0.134. The van der Waals surface area contributed by atoms with Crippen LogP contribution in [0, 0.1) is 0 Å². The summed E-state index contributed by atoms with van der Waals surface area (Å²) >= 11 is 0. The van der Waals surface area contributed by atoms with Crippen molar-refractivity contribution in [2.45, 2.75) is 51.3 Å². The van der Waals surface area contributed by atoms with Crippen molar-refractivity contribution in [2.24, 2.45) is 0 Å². The van der Waals surface area contributed by atoms with Gasteiger partial charge in [0.15, 0.2) is 0 Å². The van der Waals surface area contributed by atoms with Crippen LogP contribution in [-0.2, 0) is 13.0 Å². The molecule has 1 aromatic heterocycles. The number of hydrogen-bond acceptors (Lipinski definition) is 2. The molecule has 3 heteroatoms. The fourth-order valence-electron chi connectivity index (χ4n) is 2.44. The molecule has 3 nitrogen and oxygen atoms in total. The van der Waals surface area contributed by atoms with E-state index in [2.05, 4.69) is 49.7 Å². The number of aliphatic hydroxyl groups excluding tert-OH is 1. The van der Waals surface area contributed by atoms with Crippen LogP contribution >= 0.6 is 0 Å². The van der Waals surface area contributed by atoms with E-state index in [0.29, 0.717) is 0 Å². The van der Waals surface area contributed by atoms with Crippen molar-refractivity contribution in [3.8, 4) is 0 Å². The molecule has 0 aromatic carbocycles. The number of rotatable bonds is 3. The molecule has 1 atom stereocenters. The average Bonchev–Trinajstić information content (AvgIpc) is 2.62. The zero-order valence-corrected chi connectivity index (χ0v) is 11.4. The van der Waals surface area contributed by atoms with Crippen molar-refractivity contribution in [1.82, 2.24) is 9.47 Å². The van der Waals surface area contributed by atoms with Gasteiger partial charge < -0.3 is 14.6 Å². The highest BCUT2D eigenvalue weighted by molar-refractivity contribution is 5.27. The zero-order chi connectivity index (χ0) is 12.6. The lowest BCUT2D eigenvalue weighted by Gasteiger charge is -2.34. The first-order valence-corrected chi connectivity index (χ1v) is 6.45. The Morgan fingerprint density at radius 1 is 1.47 bits per heavy atom. The minimum atomic E-state index is -0.248. The van der Waals surface area contributed by atoms with Crippen molar-refractivity contribution in [3.63, 3.8) is 0 Å². The van der Waals surface area contributed by atoms with Gasteiger partial charge in [0.2, 0.25) is 0 Å². The average molecular weight is 236 g/mol. The number of nitrogens with zero attached hydrogens (tertiary/aromatic N) is 2. The van der Waals surface area contributed by atoms with Gasteiger partial charge in [-0.2, -0.15) is 0 Å². The topological polar surface area (TPSA) is 28.4 Å². The third-order valence-electron chi connectivity index (χ3n) is 4.13. The molecule has 1 aromatic rings. The van der Waals surface area contributed by atoms with Gasteiger partial charge in [-0.1, -0.05) is 0 Å². The minimum Gasteiger partial charge on any atom is -0.388 e. The third kappa shape index (κ3) is 2.40. The van der Waals surface area contributed by atoms with E-state index in [1.165, 1.54) is 5.69 Å². The van der Waals surface area contributed by atoms with Gasteiger partial charge in [-0.25, -0.2) is 0 Å². The monoisotopic (exact) mass is 236 g/mol. The highest BCUT2D eigenvalue weighted by Crippen LogP contribution is 2.31. The lowest BCUT2D eigenvalue weighted by molar-refractivity contribution is 0.150. The molecule has 1 aliphatic carbocycles. The van der Waals surface area contributed by atoms with Crippen molar-refractivity contribution in [1.29, 1.82) is 0 Å². The molecule has 0 saturated carbocycles. The second-order valence-electron chi connectivity index (χ2n) is 5.96. The summed E-state index contributed by atoms with van der Waals surface area (Å²) < 4.78 is 2.32. The highest BCUT2D eigenvalue weighted by atomic mass is 16.3. The normalized spacial score (nSPS) is 20.7. The largest absolute Gasteiger partial charge is 0.388 e. The molecule has 96 valence electrons. The molecule has 1 aliphatic rings. The van der Waals surface area contributed by atoms with Gasteiger partial charge in [-0.15, -0.1) is 0 Å². The summed E-state index contributed by atoms with van der Waals surface area (Å²) in [6, 6.07) is 2.09. The Labute approximate surface area is 104 Å². The quantitative estimate of drug-likeness (QED) is 0.871. The summed E-state index contributed by atoms with van der Waals surface area (Å²) in [5.41, 5.74) is 2.61. The Kier molecular flexibility index (Phi) is 3.32. The number of likely N-dealkylation sites (N-methyl/N-ethyl adjacent to an activating group) is 1. The Hall–Kier alpha value is -0.800. The Morgan fingerprint density at radius 3 is 2.82 bits per heavy atom. The summed E-state index contributed by atoms with van der Waals surface area (Å²) in [6.45, 7) is 5.47. The maximum Gasteiger partial charge on any atom is 0.0807 e.